The Kier molecular flexibility index (Phi) is 6.04. The van der Waals surface area contributed by atoms with Crippen LogP contribution < -0.4 is 15.0 Å². The molecule has 2 N–H and O–H groups in total. The summed E-state index contributed by atoms with van der Waals surface area (Å²) in [4.78, 5) is 21.6. The van der Waals surface area contributed by atoms with E-state index in [0.29, 0.717) is 22.8 Å². The summed E-state index contributed by atoms with van der Waals surface area (Å²) in [5.74, 6) is 0.285. The molecule has 0 aliphatic carbocycles. The highest BCUT2D eigenvalue weighted by atomic mass is 16.5. The maximum Gasteiger partial charge on any atom is 0.274 e. The molecule has 1 aliphatic heterocycles. The number of carbonyl (C=O) groups excluding carboxylic acids is 1. The smallest absolute Gasteiger partial charge is 0.274 e. The molecule has 0 bridgehead atoms. The number of anilines is 2. The summed E-state index contributed by atoms with van der Waals surface area (Å²) >= 11 is 0. The Morgan fingerprint density at radius 1 is 1.20 bits per heavy atom. The van der Waals surface area contributed by atoms with Gasteiger partial charge >= 0.3 is 0 Å². The largest absolute Gasteiger partial charge is 0.494 e. The number of benzene rings is 1. The maximum atomic E-state index is 12.8. The summed E-state index contributed by atoms with van der Waals surface area (Å²) in [6.45, 7) is 3.48. The number of nitrogens with zero attached hydrogens (tertiary/aromatic N) is 4. The second-order valence-electron chi connectivity index (χ2n) is 6.89. The fourth-order valence-electron chi connectivity index (χ4n) is 3.41. The third-order valence-corrected chi connectivity index (χ3v) is 5.08. The molecule has 4 rings (SSSR count). The molecule has 10 heteroatoms. The van der Waals surface area contributed by atoms with Crippen LogP contribution in [0.5, 0.6) is 5.75 Å². The fraction of sp³-hybridized carbons (Fsp3) is 0.250. The van der Waals surface area contributed by atoms with Gasteiger partial charge in [-0.3, -0.25) is 9.89 Å². The number of piperazine rings is 1. The van der Waals surface area contributed by atoms with Crippen molar-refractivity contribution < 1.29 is 9.53 Å². The SMILES string of the molecule is [B][B]N1CCN(c2ccc(NC(=O)c3cccc(-c4ccn[nH]4)n3)c(OC)c2)CC1. The van der Waals surface area contributed by atoms with E-state index in [0.717, 1.165) is 37.6 Å². The molecule has 1 saturated heterocycles. The van der Waals surface area contributed by atoms with Gasteiger partial charge in [-0.05, 0) is 30.3 Å². The molecule has 30 heavy (non-hydrogen) atoms. The van der Waals surface area contributed by atoms with Gasteiger partial charge in [0.25, 0.3) is 5.91 Å². The van der Waals surface area contributed by atoms with E-state index < -0.39 is 0 Å². The molecule has 0 saturated carbocycles. The Hall–Kier alpha value is -3.26. The number of pyridine rings is 1. The van der Waals surface area contributed by atoms with Crippen molar-refractivity contribution in [2.75, 3.05) is 43.5 Å². The normalized spacial score (nSPS) is 14.4. The molecular weight excluding hydrogens is 378 g/mol. The predicted molar refractivity (Wildman–Crippen MR) is 118 cm³/mol. The van der Waals surface area contributed by atoms with Crippen molar-refractivity contribution in [3.05, 3.63) is 54.4 Å². The van der Waals surface area contributed by atoms with Gasteiger partial charge in [-0.25, -0.2) is 4.98 Å². The van der Waals surface area contributed by atoms with Crippen molar-refractivity contribution in [1.82, 2.24) is 20.0 Å². The molecule has 0 atom stereocenters. The highest BCUT2D eigenvalue weighted by Crippen LogP contribution is 2.30. The molecule has 0 unspecified atom stereocenters. The van der Waals surface area contributed by atoms with Crippen molar-refractivity contribution in [2.24, 2.45) is 0 Å². The van der Waals surface area contributed by atoms with E-state index in [-0.39, 0.29) is 5.91 Å². The van der Waals surface area contributed by atoms with Gasteiger partial charge in [-0.1, -0.05) is 6.07 Å². The molecule has 149 valence electrons. The minimum Gasteiger partial charge on any atom is -0.494 e. The number of hydrogen-bond acceptors (Lipinski definition) is 6. The number of amides is 1. The maximum absolute atomic E-state index is 12.8. The number of methoxy groups -OCH3 is 1. The quantitative estimate of drug-likeness (QED) is 0.612. The number of ether oxygens (including phenoxy) is 1. The van der Waals surface area contributed by atoms with Crippen LogP contribution in [0.1, 0.15) is 10.5 Å². The Balaban J connectivity index is 1.49. The number of aromatic nitrogens is 3. The van der Waals surface area contributed by atoms with Crippen LogP contribution in [0.4, 0.5) is 11.4 Å². The first kappa shape index (κ1) is 20.0. The van der Waals surface area contributed by atoms with Crippen LogP contribution in [0.3, 0.4) is 0 Å². The third kappa shape index (κ3) is 4.33. The molecule has 8 nitrogen and oxygen atoms in total. The lowest BCUT2D eigenvalue weighted by atomic mass is 9.65. The summed E-state index contributed by atoms with van der Waals surface area (Å²) in [6.07, 6.45) is 1.64. The Labute approximate surface area is 177 Å². The number of hydrogen-bond donors (Lipinski definition) is 2. The standard InChI is InChI=1S/C20H21B2N6O2/c1-30-19-13-14(27-9-11-28(22-21)12-10-27)5-6-17(19)25-20(29)18-4-2-3-15(24-18)16-7-8-23-26-16/h2-8,13H,9-12H2,1H3,(H,23,26)(H,25,29). The van der Waals surface area contributed by atoms with Gasteiger partial charge < -0.3 is 19.8 Å². The van der Waals surface area contributed by atoms with Crippen LogP contribution >= 0.6 is 0 Å². The molecule has 3 heterocycles. The van der Waals surface area contributed by atoms with Crippen LogP contribution in [0.2, 0.25) is 0 Å². The zero-order valence-corrected chi connectivity index (χ0v) is 16.7. The molecule has 1 aromatic carbocycles. The second kappa shape index (κ2) is 9.04. The monoisotopic (exact) mass is 399 g/mol. The summed E-state index contributed by atoms with van der Waals surface area (Å²) in [6, 6.07) is 12.9. The summed E-state index contributed by atoms with van der Waals surface area (Å²) < 4.78 is 5.53. The first-order valence-electron chi connectivity index (χ1n) is 9.68. The molecule has 3 radical (unpaired) electrons. The first-order chi connectivity index (χ1) is 14.7. The number of rotatable bonds is 6. The Bertz CT molecular complexity index is 1010. The van der Waals surface area contributed by atoms with Crippen molar-refractivity contribution in [1.29, 1.82) is 0 Å². The lowest BCUT2D eigenvalue weighted by Gasteiger charge is -2.36. The molecule has 1 fully saturated rings. The molecule has 0 spiro atoms. The summed E-state index contributed by atoms with van der Waals surface area (Å²) in [5.41, 5.74) is 3.34. The van der Waals surface area contributed by atoms with Gasteiger partial charge in [0.2, 0.25) is 0 Å². The predicted octanol–water partition coefficient (Wildman–Crippen LogP) is 1.56. The van der Waals surface area contributed by atoms with Gasteiger partial charge in [0.15, 0.2) is 0 Å². The third-order valence-electron chi connectivity index (χ3n) is 5.08. The first-order valence-corrected chi connectivity index (χ1v) is 9.68. The van der Waals surface area contributed by atoms with Crippen LogP contribution in [-0.4, -0.2) is 74.2 Å². The fourth-order valence-corrected chi connectivity index (χ4v) is 3.41. The van der Waals surface area contributed by atoms with Crippen LogP contribution in [0, 0.1) is 0 Å². The summed E-state index contributed by atoms with van der Waals surface area (Å²) in [7, 11) is 8.82. The summed E-state index contributed by atoms with van der Waals surface area (Å²) in [5, 5.41) is 9.67. The number of carbonyl (C=O) groups is 1. The van der Waals surface area contributed by atoms with Gasteiger partial charge in [-0.15, -0.1) is 0 Å². The number of aromatic amines is 1. The van der Waals surface area contributed by atoms with Gasteiger partial charge in [0, 0.05) is 51.9 Å². The minimum atomic E-state index is -0.311. The van der Waals surface area contributed by atoms with Crippen LogP contribution in [0.15, 0.2) is 48.7 Å². The zero-order chi connectivity index (χ0) is 20.9. The van der Waals surface area contributed by atoms with Crippen molar-refractivity contribution in [3.8, 4) is 17.1 Å². The van der Waals surface area contributed by atoms with Gasteiger partial charge in [0.05, 0.1) is 24.2 Å². The number of H-pyrrole nitrogens is 1. The van der Waals surface area contributed by atoms with E-state index in [2.05, 4.69) is 30.2 Å². The van der Waals surface area contributed by atoms with E-state index in [9.17, 15) is 4.79 Å². The lowest BCUT2D eigenvalue weighted by molar-refractivity contribution is 0.102. The van der Waals surface area contributed by atoms with Crippen molar-refractivity contribution in [3.63, 3.8) is 0 Å². The van der Waals surface area contributed by atoms with Gasteiger partial charge in [0.1, 0.15) is 18.7 Å². The van der Waals surface area contributed by atoms with E-state index in [1.807, 2.05) is 24.3 Å². The second-order valence-corrected chi connectivity index (χ2v) is 6.89. The molecule has 1 amide bonds. The molecule has 2 aromatic heterocycles. The van der Waals surface area contributed by atoms with E-state index in [1.165, 1.54) is 0 Å². The minimum absolute atomic E-state index is 0.308. The zero-order valence-electron chi connectivity index (χ0n) is 16.7. The van der Waals surface area contributed by atoms with Gasteiger partial charge in [-0.2, -0.15) is 5.10 Å². The van der Waals surface area contributed by atoms with E-state index in [4.69, 9.17) is 12.5 Å². The van der Waals surface area contributed by atoms with Crippen molar-refractivity contribution in [2.45, 2.75) is 0 Å². The Morgan fingerprint density at radius 3 is 2.73 bits per heavy atom. The molecule has 1 aliphatic rings. The molecule has 3 aromatic rings. The topological polar surface area (TPSA) is 86.4 Å². The Morgan fingerprint density at radius 2 is 2.03 bits per heavy atom. The lowest BCUT2D eigenvalue weighted by Crippen LogP contribution is -2.47. The highest BCUT2D eigenvalue weighted by Gasteiger charge is 2.18. The van der Waals surface area contributed by atoms with Crippen LogP contribution in [0.25, 0.3) is 11.4 Å². The van der Waals surface area contributed by atoms with Crippen LogP contribution in [-0.2, 0) is 0 Å². The average Bonchev–Trinajstić information content (AvgIpc) is 3.34. The highest BCUT2D eigenvalue weighted by molar-refractivity contribution is 6.87. The molecular formula is C20H21B2N6O2. The van der Waals surface area contributed by atoms with E-state index >= 15 is 0 Å². The van der Waals surface area contributed by atoms with E-state index in [1.54, 1.807) is 38.8 Å². The average molecular weight is 399 g/mol. The van der Waals surface area contributed by atoms with Crippen molar-refractivity contribution >= 4 is 32.3 Å². The number of nitrogens with one attached hydrogen (secondary N) is 2.